The molecule has 1 amide bonds. The molecule has 0 unspecified atom stereocenters. The maximum absolute atomic E-state index is 12.1. The predicted octanol–water partition coefficient (Wildman–Crippen LogP) is 1.72. The number of aryl methyl sites for hydroxylation is 2. The first-order valence-electron chi connectivity index (χ1n) is 8.21. The summed E-state index contributed by atoms with van der Waals surface area (Å²) < 4.78 is 28.5. The lowest BCUT2D eigenvalue weighted by Gasteiger charge is -2.08. The van der Waals surface area contributed by atoms with Crippen LogP contribution < -0.4 is 10.0 Å². The number of halogens is 1. The molecule has 1 aromatic heterocycles. The molecule has 2 aromatic rings. The van der Waals surface area contributed by atoms with Gasteiger partial charge < -0.3 is 5.32 Å². The first-order valence-corrected chi connectivity index (χ1v) is 10.1. The highest BCUT2D eigenvalue weighted by Crippen LogP contribution is 2.15. The Bertz CT molecular complexity index is 893. The third-order valence-corrected chi connectivity index (χ3v) is 5.80. The summed E-state index contributed by atoms with van der Waals surface area (Å²) in [5, 5.41) is 7.39. The first-order chi connectivity index (χ1) is 12.2. The van der Waals surface area contributed by atoms with E-state index in [0.29, 0.717) is 17.9 Å². The van der Waals surface area contributed by atoms with E-state index >= 15 is 0 Å². The fourth-order valence-electron chi connectivity index (χ4n) is 2.61. The Morgan fingerprint density at radius 2 is 2.00 bits per heavy atom. The van der Waals surface area contributed by atoms with Crippen molar-refractivity contribution in [3.63, 3.8) is 0 Å². The second-order valence-corrected chi connectivity index (χ2v) is 8.18. The monoisotopic (exact) mass is 398 g/mol. The van der Waals surface area contributed by atoms with Gasteiger partial charge in [-0.05, 0) is 44.0 Å². The van der Waals surface area contributed by atoms with Crippen molar-refractivity contribution in [2.24, 2.45) is 7.05 Å². The van der Waals surface area contributed by atoms with Crippen LogP contribution in [-0.2, 0) is 28.3 Å². The molecule has 2 N–H and O–H groups in total. The quantitative estimate of drug-likeness (QED) is 0.662. The highest BCUT2D eigenvalue weighted by molar-refractivity contribution is 7.89. The minimum absolute atomic E-state index is 0.0962. The Balaban J connectivity index is 1.76. The van der Waals surface area contributed by atoms with Crippen LogP contribution in [0.15, 0.2) is 29.2 Å². The van der Waals surface area contributed by atoms with Gasteiger partial charge in [-0.2, -0.15) is 5.10 Å². The fourth-order valence-corrected chi connectivity index (χ4v) is 3.94. The molecule has 2 rings (SSSR count). The van der Waals surface area contributed by atoms with Crippen LogP contribution in [0.5, 0.6) is 0 Å². The normalized spacial score (nSPS) is 11.5. The van der Waals surface area contributed by atoms with Crippen molar-refractivity contribution in [1.82, 2.24) is 19.8 Å². The van der Waals surface area contributed by atoms with Crippen molar-refractivity contribution < 1.29 is 13.2 Å². The SMILES string of the molecule is Cc1nn(C)c(C)c1CCC(=O)NCCNS(=O)(=O)c1cccc(Cl)c1. The number of benzene rings is 1. The van der Waals surface area contributed by atoms with Crippen LogP contribution >= 0.6 is 11.6 Å². The third-order valence-electron chi connectivity index (χ3n) is 4.11. The lowest BCUT2D eigenvalue weighted by molar-refractivity contribution is -0.121. The molecule has 0 saturated heterocycles. The zero-order chi connectivity index (χ0) is 19.3. The van der Waals surface area contributed by atoms with E-state index in [1.165, 1.54) is 12.1 Å². The maximum Gasteiger partial charge on any atom is 0.240 e. The zero-order valence-corrected chi connectivity index (χ0v) is 16.6. The van der Waals surface area contributed by atoms with E-state index in [4.69, 9.17) is 11.6 Å². The average Bonchev–Trinajstić information content (AvgIpc) is 2.82. The number of hydrogen-bond acceptors (Lipinski definition) is 4. The summed E-state index contributed by atoms with van der Waals surface area (Å²) >= 11 is 5.81. The minimum Gasteiger partial charge on any atom is -0.355 e. The molecule has 0 saturated carbocycles. The van der Waals surface area contributed by atoms with Crippen LogP contribution in [0.3, 0.4) is 0 Å². The predicted molar refractivity (Wildman–Crippen MR) is 101 cm³/mol. The van der Waals surface area contributed by atoms with Gasteiger partial charge in [0.05, 0.1) is 10.6 Å². The number of nitrogens with zero attached hydrogens (tertiary/aromatic N) is 2. The van der Waals surface area contributed by atoms with E-state index < -0.39 is 10.0 Å². The first kappa shape index (κ1) is 20.4. The molecule has 0 atom stereocenters. The van der Waals surface area contributed by atoms with Crippen molar-refractivity contribution in [1.29, 1.82) is 0 Å². The van der Waals surface area contributed by atoms with Gasteiger partial charge in [-0.1, -0.05) is 17.7 Å². The highest BCUT2D eigenvalue weighted by atomic mass is 35.5. The van der Waals surface area contributed by atoms with Crippen molar-refractivity contribution in [3.05, 3.63) is 46.2 Å². The van der Waals surface area contributed by atoms with Crippen LogP contribution in [0.1, 0.15) is 23.4 Å². The summed E-state index contributed by atoms with van der Waals surface area (Å²) in [5.74, 6) is -0.130. The maximum atomic E-state index is 12.1. The molecule has 26 heavy (non-hydrogen) atoms. The lowest BCUT2D eigenvalue weighted by atomic mass is 10.1. The van der Waals surface area contributed by atoms with Crippen LogP contribution in [0, 0.1) is 13.8 Å². The molecule has 1 aromatic carbocycles. The van der Waals surface area contributed by atoms with Gasteiger partial charge in [0.1, 0.15) is 0 Å². The molecular formula is C17H23ClN4O3S. The van der Waals surface area contributed by atoms with E-state index in [1.807, 2.05) is 20.9 Å². The zero-order valence-electron chi connectivity index (χ0n) is 15.0. The van der Waals surface area contributed by atoms with Gasteiger partial charge in [-0.15, -0.1) is 0 Å². The van der Waals surface area contributed by atoms with Gasteiger partial charge in [-0.3, -0.25) is 9.48 Å². The standard InChI is InChI=1S/C17H23ClN4O3S/c1-12-16(13(2)22(3)21-12)7-8-17(23)19-9-10-20-26(24,25)15-6-4-5-14(18)11-15/h4-6,11,20H,7-10H2,1-3H3,(H,19,23). The molecule has 0 spiro atoms. The molecule has 0 fully saturated rings. The Hall–Kier alpha value is -1.90. The summed E-state index contributed by atoms with van der Waals surface area (Å²) in [6.07, 6.45) is 0.931. The Labute approximate surface area is 158 Å². The van der Waals surface area contributed by atoms with Crippen LogP contribution in [0.2, 0.25) is 5.02 Å². The van der Waals surface area contributed by atoms with E-state index in [1.54, 1.807) is 16.8 Å². The van der Waals surface area contributed by atoms with E-state index in [9.17, 15) is 13.2 Å². The molecule has 1 heterocycles. The molecule has 7 nitrogen and oxygen atoms in total. The molecule has 0 aliphatic heterocycles. The van der Waals surface area contributed by atoms with E-state index in [2.05, 4.69) is 15.1 Å². The summed E-state index contributed by atoms with van der Waals surface area (Å²) in [4.78, 5) is 12.0. The summed E-state index contributed by atoms with van der Waals surface area (Å²) in [6.45, 7) is 4.21. The van der Waals surface area contributed by atoms with Crippen molar-refractivity contribution in [3.8, 4) is 0 Å². The van der Waals surface area contributed by atoms with Gasteiger partial charge >= 0.3 is 0 Å². The number of carbonyl (C=O) groups excluding carboxylic acids is 1. The average molecular weight is 399 g/mol. The molecule has 142 valence electrons. The molecule has 0 radical (unpaired) electrons. The molecule has 0 aliphatic rings. The van der Waals surface area contributed by atoms with Crippen molar-refractivity contribution >= 4 is 27.5 Å². The number of aromatic nitrogens is 2. The van der Waals surface area contributed by atoms with Gasteiger partial charge in [0.25, 0.3) is 0 Å². The van der Waals surface area contributed by atoms with E-state index in [-0.39, 0.29) is 23.9 Å². The molecule has 0 bridgehead atoms. The number of hydrogen-bond donors (Lipinski definition) is 2. The van der Waals surface area contributed by atoms with Crippen molar-refractivity contribution in [2.75, 3.05) is 13.1 Å². The van der Waals surface area contributed by atoms with Gasteiger partial charge in [0.15, 0.2) is 0 Å². The van der Waals surface area contributed by atoms with Gasteiger partial charge in [0, 0.05) is 37.3 Å². The largest absolute Gasteiger partial charge is 0.355 e. The summed E-state index contributed by atoms with van der Waals surface area (Å²) in [7, 11) is -1.77. The summed E-state index contributed by atoms with van der Waals surface area (Å²) in [5.41, 5.74) is 3.04. The van der Waals surface area contributed by atoms with Crippen molar-refractivity contribution in [2.45, 2.75) is 31.6 Å². The topological polar surface area (TPSA) is 93.1 Å². The molecule has 0 aliphatic carbocycles. The second-order valence-electron chi connectivity index (χ2n) is 5.98. The summed E-state index contributed by atoms with van der Waals surface area (Å²) in [6, 6.07) is 6.01. The number of rotatable bonds is 8. The Morgan fingerprint density at radius 1 is 1.27 bits per heavy atom. The minimum atomic E-state index is -3.64. The van der Waals surface area contributed by atoms with Gasteiger partial charge in [0.2, 0.25) is 15.9 Å². The molecule has 9 heteroatoms. The fraction of sp³-hybridized carbons (Fsp3) is 0.412. The third kappa shape index (κ3) is 5.30. The van der Waals surface area contributed by atoms with Gasteiger partial charge in [-0.25, -0.2) is 13.1 Å². The number of sulfonamides is 1. The Kier molecular flexibility index (Phi) is 6.80. The van der Waals surface area contributed by atoms with Crippen LogP contribution in [0.25, 0.3) is 0 Å². The smallest absolute Gasteiger partial charge is 0.240 e. The number of carbonyl (C=O) groups is 1. The second kappa shape index (κ2) is 8.66. The molecular weight excluding hydrogens is 376 g/mol. The number of nitrogens with one attached hydrogen (secondary N) is 2. The lowest BCUT2D eigenvalue weighted by Crippen LogP contribution is -2.34. The Morgan fingerprint density at radius 3 is 2.62 bits per heavy atom. The highest BCUT2D eigenvalue weighted by Gasteiger charge is 2.14. The van der Waals surface area contributed by atoms with Crippen LogP contribution in [0.4, 0.5) is 0 Å². The van der Waals surface area contributed by atoms with Crippen LogP contribution in [-0.4, -0.2) is 37.2 Å². The van der Waals surface area contributed by atoms with E-state index in [0.717, 1.165) is 17.0 Å². The number of amides is 1.